The van der Waals surface area contributed by atoms with Gasteiger partial charge in [0.1, 0.15) is 11.4 Å². The Hall–Kier alpha value is -5.14. The Kier molecular flexibility index (Phi) is 8.30. The molecule has 0 spiro atoms. The third-order valence-corrected chi connectivity index (χ3v) is 8.06. The predicted molar refractivity (Wildman–Crippen MR) is 175 cm³/mol. The van der Waals surface area contributed by atoms with Gasteiger partial charge in [0.2, 0.25) is 5.88 Å². The van der Waals surface area contributed by atoms with Crippen LogP contribution in [0.4, 0.5) is 10.6 Å². The zero-order valence-electron chi connectivity index (χ0n) is 24.4. The molecule has 6 aromatic rings. The Balaban J connectivity index is 1.57. The first kappa shape index (κ1) is 29.0. The molecule has 220 valence electrons. The van der Waals surface area contributed by atoms with Crippen molar-refractivity contribution in [2.75, 3.05) is 12.4 Å². The average molecular weight is 602 g/mol. The number of anilines is 1. The first-order chi connectivity index (χ1) is 21.6. The van der Waals surface area contributed by atoms with Crippen LogP contribution in [0, 0.1) is 0 Å². The van der Waals surface area contributed by atoms with Crippen LogP contribution < -0.4 is 15.4 Å². The van der Waals surface area contributed by atoms with Crippen LogP contribution in [0.2, 0.25) is 0 Å². The summed E-state index contributed by atoms with van der Waals surface area (Å²) in [7, 11) is 1.59. The SMILES string of the molecule is COc1nn(C(c2ccccc2)(c2ccccc2)c2ccccc2)c2cc(NC(=O)N[C@H](C)c3ccccc3)nc(CCl)c12. The summed E-state index contributed by atoms with van der Waals surface area (Å²) in [4.78, 5) is 17.9. The number of methoxy groups -OCH3 is 1. The van der Waals surface area contributed by atoms with Crippen molar-refractivity contribution >= 4 is 34.4 Å². The van der Waals surface area contributed by atoms with Crippen LogP contribution in [0.1, 0.15) is 40.9 Å². The molecule has 4 aromatic carbocycles. The lowest BCUT2D eigenvalue weighted by molar-refractivity contribution is 0.249. The number of hydrogen-bond acceptors (Lipinski definition) is 4. The molecule has 2 N–H and O–H groups in total. The Bertz CT molecular complexity index is 1770. The molecule has 7 nitrogen and oxygen atoms in total. The second-order valence-corrected chi connectivity index (χ2v) is 10.7. The van der Waals surface area contributed by atoms with E-state index in [0.29, 0.717) is 28.3 Å². The van der Waals surface area contributed by atoms with Crippen molar-refractivity contribution in [1.82, 2.24) is 20.1 Å². The summed E-state index contributed by atoms with van der Waals surface area (Å²) in [6, 6.07) is 41.8. The van der Waals surface area contributed by atoms with E-state index in [1.807, 2.05) is 103 Å². The first-order valence-electron chi connectivity index (χ1n) is 14.4. The number of amides is 2. The fourth-order valence-electron chi connectivity index (χ4n) is 5.82. The molecular formula is C36H32ClN5O2. The van der Waals surface area contributed by atoms with Crippen LogP contribution in [-0.2, 0) is 11.4 Å². The Morgan fingerprint density at radius 2 is 1.34 bits per heavy atom. The third-order valence-electron chi connectivity index (χ3n) is 7.81. The molecule has 1 atom stereocenters. The Labute approximate surface area is 261 Å². The molecule has 2 amide bonds. The molecule has 0 unspecified atom stereocenters. The highest BCUT2D eigenvalue weighted by molar-refractivity contribution is 6.18. The van der Waals surface area contributed by atoms with Gasteiger partial charge in [0.15, 0.2) is 0 Å². The summed E-state index contributed by atoms with van der Waals surface area (Å²) < 4.78 is 7.81. The summed E-state index contributed by atoms with van der Waals surface area (Å²) in [5.41, 5.74) is 4.32. The van der Waals surface area contributed by atoms with Gasteiger partial charge in [0.25, 0.3) is 0 Å². The van der Waals surface area contributed by atoms with Crippen LogP contribution in [0.15, 0.2) is 127 Å². The van der Waals surface area contributed by atoms with Gasteiger partial charge in [0.05, 0.1) is 35.6 Å². The van der Waals surface area contributed by atoms with Crippen molar-refractivity contribution in [3.05, 3.63) is 155 Å². The number of ether oxygens (including phenoxy) is 1. The van der Waals surface area contributed by atoms with Crippen LogP contribution in [0.5, 0.6) is 5.88 Å². The second-order valence-electron chi connectivity index (χ2n) is 10.4. The molecule has 6 rings (SSSR count). The lowest BCUT2D eigenvalue weighted by atomic mass is 9.77. The van der Waals surface area contributed by atoms with Crippen LogP contribution in [0.3, 0.4) is 0 Å². The normalized spacial score (nSPS) is 12.1. The van der Waals surface area contributed by atoms with Gasteiger partial charge in [-0.15, -0.1) is 16.7 Å². The number of nitrogens with one attached hydrogen (secondary N) is 2. The van der Waals surface area contributed by atoms with Crippen molar-refractivity contribution in [3.63, 3.8) is 0 Å². The molecule has 8 heteroatoms. The van der Waals surface area contributed by atoms with E-state index in [0.717, 1.165) is 22.3 Å². The van der Waals surface area contributed by atoms with E-state index in [4.69, 9.17) is 26.4 Å². The number of halogens is 1. The number of nitrogens with zero attached hydrogens (tertiary/aromatic N) is 3. The van der Waals surface area contributed by atoms with E-state index in [1.165, 1.54) is 0 Å². The third kappa shape index (κ3) is 5.27. The van der Waals surface area contributed by atoms with Crippen LogP contribution in [-0.4, -0.2) is 27.9 Å². The van der Waals surface area contributed by atoms with Crippen molar-refractivity contribution in [1.29, 1.82) is 0 Å². The fraction of sp³-hybridized carbons (Fsp3) is 0.139. The van der Waals surface area contributed by atoms with E-state index >= 15 is 0 Å². The van der Waals surface area contributed by atoms with E-state index in [1.54, 1.807) is 7.11 Å². The molecule has 2 aromatic heterocycles. The van der Waals surface area contributed by atoms with Crippen LogP contribution >= 0.6 is 11.6 Å². The first-order valence-corrected chi connectivity index (χ1v) is 14.9. The predicted octanol–water partition coefficient (Wildman–Crippen LogP) is 7.90. The lowest BCUT2D eigenvalue weighted by Crippen LogP contribution is -2.38. The number of fused-ring (bicyclic) bond motifs is 1. The van der Waals surface area contributed by atoms with Gasteiger partial charge in [0, 0.05) is 6.07 Å². The number of hydrogen-bond donors (Lipinski definition) is 2. The number of benzene rings is 4. The number of carbonyl (C=O) groups is 1. The summed E-state index contributed by atoms with van der Waals surface area (Å²) in [6.07, 6.45) is 0. The van der Waals surface area contributed by atoms with E-state index in [-0.39, 0.29) is 18.0 Å². The van der Waals surface area contributed by atoms with Gasteiger partial charge in [-0.05, 0) is 29.2 Å². The van der Waals surface area contributed by atoms with E-state index in [9.17, 15) is 4.79 Å². The van der Waals surface area contributed by atoms with Gasteiger partial charge < -0.3 is 10.1 Å². The highest BCUT2D eigenvalue weighted by Crippen LogP contribution is 2.44. The van der Waals surface area contributed by atoms with Gasteiger partial charge >= 0.3 is 6.03 Å². The minimum atomic E-state index is -0.912. The molecule has 44 heavy (non-hydrogen) atoms. The summed E-state index contributed by atoms with van der Waals surface area (Å²) in [5.74, 6) is 0.826. The van der Waals surface area contributed by atoms with Gasteiger partial charge in [-0.3, -0.25) is 5.32 Å². The molecule has 0 aliphatic carbocycles. The monoisotopic (exact) mass is 601 g/mol. The van der Waals surface area contributed by atoms with E-state index < -0.39 is 5.54 Å². The molecule has 0 aliphatic rings. The minimum Gasteiger partial charge on any atom is -0.479 e. The minimum absolute atomic E-state index is 0.0884. The molecule has 0 saturated heterocycles. The summed E-state index contributed by atoms with van der Waals surface area (Å²) in [6.45, 7) is 1.93. The lowest BCUT2D eigenvalue weighted by Gasteiger charge is -2.37. The van der Waals surface area contributed by atoms with Gasteiger partial charge in [-0.25, -0.2) is 14.5 Å². The highest BCUT2D eigenvalue weighted by atomic mass is 35.5. The van der Waals surface area contributed by atoms with E-state index in [2.05, 4.69) is 47.0 Å². The molecule has 0 saturated carbocycles. The quantitative estimate of drug-likeness (QED) is 0.130. The van der Waals surface area contributed by atoms with Crippen molar-refractivity contribution in [2.45, 2.75) is 24.4 Å². The molecule has 0 bridgehead atoms. The standard InChI is InChI=1S/C36H32ClN5O2/c1-25(26-15-7-3-8-16-26)38-35(43)40-32-23-31-33(30(24-37)39-32)34(44-2)41-42(31)36(27-17-9-4-10-18-27,28-19-11-5-12-20-28)29-21-13-6-14-22-29/h3-23,25H,24H2,1-2H3,(H2,38,39,40,43)/t25-/m1/s1. The summed E-state index contributed by atoms with van der Waals surface area (Å²) in [5, 5.41) is 11.7. The molecule has 0 radical (unpaired) electrons. The maximum absolute atomic E-state index is 13.2. The fourth-order valence-corrected chi connectivity index (χ4v) is 6.01. The molecule has 0 fully saturated rings. The van der Waals surface area contributed by atoms with Crippen LogP contribution in [0.25, 0.3) is 10.9 Å². The zero-order chi connectivity index (χ0) is 30.5. The van der Waals surface area contributed by atoms with Crippen molar-refractivity contribution in [3.8, 4) is 5.88 Å². The Morgan fingerprint density at radius 1 is 0.841 bits per heavy atom. The zero-order valence-corrected chi connectivity index (χ0v) is 25.2. The smallest absolute Gasteiger partial charge is 0.320 e. The topological polar surface area (TPSA) is 81.1 Å². The largest absolute Gasteiger partial charge is 0.479 e. The summed E-state index contributed by atoms with van der Waals surface area (Å²) >= 11 is 6.50. The second kappa shape index (κ2) is 12.6. The number of urea groups is 1. The van der Waals surface area contributed by atoms with Crippen molar-refractivity contribution < 1.29 is 9.53 Å². The number of aromatic nitrogens is 3. The number of pyridine rings is 1. The molecule has 2 heterocycles. The molecule has 0 aliphatic heterocycles. The number of alkyl halides is 1. The Morgan fingerprint density at radius 3 is 1.82 bits per heavy atom. The number of carbonyl (C=O) groups excluding carboxylic acids is 1. The highest BCUT2D eigenvalue weighted by Gasteiger charge is 2.41. The van der Waals surface area contributed by atoms with Gasteiger partial charge in [-0.1, -0.05) is 121 Å². The maximum atomic E-state index is 13.2. The average Bonchev–Trinajstić information content (AvgIpc) is 3.45. The number of rotatable bonds is 9. The maximum Gasteiger partial charge on any atom is 0.320 e. The van der Waals surface area contributed by atoms with Crippen molar-refractivity contribution in [2.24, 2.45) is 0 Å². The molecular weight excluding hydrogens is 570 g/mol. The van der Waals surface area contributed by atoms with Gasteiger partial charge in [-0.2, -0.15) is 0 Å².